The van der Waals surface area contributed by atoms with Crippen LogP contribution in [0.25, 0.3) is 0 Å². The molecule has 0 heterocycles. The maximum atomic E-state index is 2.32. The average Bonchev–Trinajstić information content (AvgIpc) is 1.38. The van der Waals surface area contributed by atoms with Gasteiger partial charge in [0.25, 0.3) is 0 Å². The van der Waals surface area contributed by atoms with Crippen molar-refractivity contribution in [3.63, 3.8) is 0 Å². The Morgan fingerprint density at radius 1 is 1.40 bits per heavy atom. The van der Waals surface area contributed by atoms with Crippen LogP contribution >= 0.6 is 11.2 Å². The molecule has 0 saturated carbocycles. The molecule has 0 radical (unpaired) electrons. The van der Waals surface area contributed by atoms with Gasteiger partial charge in [-0.2, -0.15) is 11.2 Å². The molecule has 0 bridgehead atoms. The van der Waals surface area contributed by atoms with Crippen LogP contribution < -0.4 is 0 Å². The van der Waals surface area contributed by atoms with Crippen LogP contribution in [0, 0.1) is 0 Å². The van der Waals surface area contributed by atoms with Gasteiger partial charge in [0.1, 0.15) is 0 Å². The summed E-state index contributed by atoms with van der Waals surface area (Å²) in [7, 11) is -0.233. The number of hydrogen-bond donors (Lipinski definition) is 0. The zero-order valence-electron chi connectivity index (χ0n) is 3.99. The van der Waals surface area contributed by atoms with Crippen molar-refractivity contribution in [2.45, 2.75) is 13.1 Å². The molecule has 0 atom stereocenters. The summed E-state index contributed by atoms with van der Waals surface area (Å²) in [5, 5.41) is 0. The van der Waals surface area contributed by atoms with Crippen molar-refractivity contribution in [3.8, 4) is 0 Å². The lowest BCUT2D eigenvalue weighted by atomic mass is 11.9. The van der Waals surface area contributed by atoms with Crippen LogP contribution in [0.1, 0.15) is 0 Å². The van der Waals surface area contributed by atoms with Crippen LogP contribution in [0.2, 0.25) is 13.1 Å². The van der Waals surface area contributed by atoms with Gasteiger partial charge >= 0.3 is 0 Å². The minimum absolute atomic E-state index is 0.233. The van der Waals surface area contributed by atoms with Gasteiger partial charge in [0.05, 0.1) is 7.95 Å². The third-order valence-corrected chi connectivity index (χ3v) is 4.24. The standard InChI is InChI=1S/C3H10SSi/c1-4-5(2)3/h5H,1-3H3. The smallest absolute Gasteiger partial charge is 0.0948 e. The molecule has 0 aliphatic carbocycles. The van der Waals surface area contributed by atoms with Crippen LogP contribution in [0.3, 0.4) is 0 Å². The first kappa shape index (κ1) is 5.57. The largest absolute Gasteiger partial charge is 0.193 e. The highest BCUT2D eigenvalue weighted by molar-refractivity contribution is 8.24. The molecule has 0 spiro atoms. The Balaban J connectivity index is 2.54. The third kappa shape index (κ3) is 4.57. The molecule has 2 heteroatoms. The second kappa shape index (κ2) is 2.79. The van der Waals surface area contributed by atoms with Gasteiger partial charge in [-0.25, -0.2) is 0 Å². The summed E-state index contributed by atoms with van der Waals surface area (Å²) < 4.78 is 0. The van der Waals surface area contributed by atoms with E-state index in [1.165, 1.54) is 0 Å². The number of hydrogen-bond acceptors (Lipinski definition) is 1. The molecule has 0 aromatic rings. The first-order chi connectivity index (χ1) is 2.27. The maximum absolute atomic E-state index is 2.32. The van der Waals surface area contributed by atoms with E-state index in [0.29, 0.717) is 0 Å². The van der Waals surface area contributed by atoms with Crippen molar-refractivity contribution in [3.05, 3.63) is 0 Å². The first-order valence-electron chi connectivity index (χ1n) is 1.80. The maximum Gasteiger partial charge on any atom is 0.0948 e. The summed E-state index contributed by atoms with van der Waals surface area (Å²) in [5.41, 5.74) is 0. The molecule has 0 aliphatic heterocycles. The summed E-state index contributed by atoms with van der Waals surface area (Å²) in [6.45, 7) is 4.65. The second-order valence-electron chi connectivity index (χ2n) is 1.28. The van der Waals surface area contributed by atoms with E-state index in [0.717, 1.165) is 0 Å². The van der Waals surface area contributed by atoms with E-state index < -0.39 is 0 Å². The van der Waals surface area contributed by atoms with Crippen LogP contribution in [0.15, 0.2) is 0 Å². The zero-order valence-corrected chi connectivity index (χ0v) is 5.96. The quantitative estimate of drug-likeness (QED) is 0.454. The van der Waals surface area contributed by atoms with Gasteiger partial charge in [-0.3, -0.25) is 0 Å². The molecule has 0 fully saturated rings. The lowest BCUT2D eigenvalue weighted by molar-refractivity contribution is 2.10. The minimum atomic E-state index is -0.233. The molecule has 0 amide bonds. The fourth-order valence-corrected chi connectivity index (χ4v) is 0. The van der Waals surface area contributed by atoms with Gasteiger partial charge in [-0.05, 0) is 6.26 Å². The first-order valence-corrected chi connectivity index (χ1v) is 6.81. The van der Waals surface area contributed by atoms with E-state index in [-0.39, 0.29) is 7.95 Å². The fourth-order valence-electron chi connectivity index (χ4n) is 0. The Kier molecular flexibility index (Phi) is 3.10. The summed E-state index contributed by atoms with van der Waals surface area (Å²) in [6, 6.07) is 0. The SMILES string of the molecule is CS[SiH](C)C. The van der Waals surface area contributed by atoms with E-state index in [1.54, 1.807) is 0 Å². The fraction of sp³-hybridized carbons (Fsp3) is 1.00. The molecule has 0 aromatic heterocycles. The van der Waals surface area contributed by atoms with Crippen molar-refractivity contribution < 1.29 is 0 Å². The Hall–Kier alpha value is 0.567. The van der Waals surface area contributed by atoms with Crippen LogP contribution in [-0.2, 0) is 0 Å². The lowest BCUT2D eigenvalue weighted by Crippen LogP contribution is -1.86. The molecule has 0 nitrogen and oxygen atoms in total. The van der Waals surface area contributed by atoms with Crippen LogP contribution in [-0.4, -0.2) is 14.2 Å². The highest BCUT2D eigenvalue weighted by atomic mass is 32.4. The summed E-state index contributed by atoms with van der Waals surface area (Å²) in [4.78, 5) is 0. The van der Waals surface area contributed by atoms with Gasteiger partial charge < -0.3 is 0 Å². The predicted molar refractivity (Wildman–Crippen MR) is 32.4 cm³/mol. The van der Waals surface area contributed by atoms with Crippen LogP contribution in [0.5, 0.6) is 0 Å². The Bertz CT molecular complexity index is 20.9. The average molecular weight is 106 g/mol. The monoisotopic (exact) mass is 106 g/mol. The molecular formula is C3H10SSi. The second-order valence-corrected chi connectivity index (χ2v) is 8.10. The molecule has 0 unspecified atom stereocenters. The van der Waals surface area contributed by atoms with Gasteiger partial charge in [0, 0.05) is 0 Å². The summed E-state index contributed by atoms with van der Waals surface area (Å²) in [5.74, 6) is 0. The molecule has 0 aliphatic rings. The molecule has 0 rings (SSSR count). The molecule has 32 valence electrons. The van der Waals surface area contributed by atoms with Crippen molar-refractivity contribution >= 4 is 19.2 Å². The third-order valence-electron chi connectivity index (χ3n) is 0.471. The van der Waals surface area contributed by atoms with Crippen molar-refractivity contribution in [2.24, 2.45) is 0 Å². The van der Waals surface area contributed by atoms with E-state index in [2.05, 4.69) is 19.3 Å². The lowest BCUT2D eigenvalue weighted by Gasteiger charge is -1.88. The van der Waals surface area contributed by atoms with Gasteiger partial charge in [-0.15, -0.1) is 0 Å². The van der Waals surface area contributed by atoms with Crippen molar-refractivity contribution in [1.82, 2.24) is 0 Å². The van der Waals surface area contributed by atoms with E-state index in [1.807, 2.05) is 11.2 Å². The van der Waals surface area contributed by atoms with E-state index >= 15 is 0 Å². The van der Waals surface area contributed by atoms with E-state index in [9.17, 15) is 0 Å². The topological polar surface area (TPSA) is 0 Å². The van der Waals surface area contributed by atoms with E-state index in [4.69, 9.17) is 0 Å². The molecule has 0 aromatic carbocycles. The zero-order chi connectivity index (χ0) is 4.28. The van der Waals surface area contributed by atoms with Gasteiger partial charge in [0.15, 0.2) is 0 Å². The number of rotatable bonds is 1. The van der Waals surface area contributed by atoms with Crippen molar-refractivity contribution in [2.75, 3.05) is 6.26 Å². The predicted octanol–water partition coefficient (Wildman–Crippen LogP) is 1.33. The Morgan fingerprint density at radius 2 is 1.60 bits per heavy atom. The van der Waals surface area contributed by atoms with Gasteiger partial charge in [-0.1, -0.05) is 13.1 Å². The highest BCUT2D eigenvalue weighted by Crippen LogP contribution is 1.96. The molecular weight excluding hydrogens is 96.2 g/mol. The minimum Gasteiger partial charge on any atom is -0.193 e. The Labute approximate surface area is 39.2 Å². The van der Waals surface area contributed by atoms with Gasteiger partial charge in [0.2, 0.25) is 0 Å². The normalized spacial score (nSPS) is 9.60. The molecule has 5 heavy (non-hydrogen) atoms. The summed E-state index contributed by atoms with van der Waals surface area (Å²) >= 11 is 2.02. The Morgan fingerprint density at radius 3 is 1.60 bits per heavy atom. The van der Waals surface area contributed by atoms with Crippen LogP contribution in [0.4, 0.5) is 0 Å². The van der Waals surface area contributed by atoms with Crippen molar-refractivity contribution in [1.29, 1.82) is 0 Å². The summed E-state index contributed by atoms with van der Waals surface area (Å²) in [6.07, 6.45) is 2.18. The highest BCUT2D eigenvalue weighted by Gasteiger charge is 1.83. The molecule has 0 saturated heterocycles. The molecule has 0 N–H and O–H groups in total.